The number of alkyl halides is 1. The number of hydrogen-bond acceptors (Lipinski definition) is 4. The summed E-state index contributed by atoms with van der Waals surface area (Å²) in [5.74, 6) is -1.20. The zero-order valence-electron chi connectivity index (χ0n) is 7.50. The van der Waals surface area contributed by atoms with E-state index in [-0.39, 0.29) is 12.2 Å². The first-order chi connectivity index (χ1) is 7.19. The Bertz CT molecular complexity index is 398. The number of H-pyrrole nitrogens is 1. The Labute approximate surface area is 82.9 Å². The first-order valence-electron chi connectivity index (χ1n) is 3.95. The summed E-state index contributed by atoms with van der Waals surface area (Å²) < 4.78 is 12.5. The third-order valence-corrected chi connectivity index (χ3v) is 1.73. The summed E-state index contributed by atoms with van der Waals surface area (Å²) in [7, 11) is 0. The Balaban J connectivity index is 2.82. The van der Waals surface area contributed by atoms with Gasteiger partial charge in [0.2, 0.25) is 0 Å². The van der Waals surface area contributed by atoms with Gasteiger partial charge in [0.25, 0.3) is 0 Å². The highest BCUT2D eigenvalue weighted by Gasteiger charge is 2.20. The van der Waals surface area contributed by atoms with Crippen LogP contribution in [0.2, 0.25) is 0 Å². The average molecular weight is 214 g/mol. The highest BCUT2D eigenvalue weighted by molar-refractivity contribution is 5.15. The summed E-state index contributed by atoms with van der Waals surface area (Å²) >= 11 is 0. The molecule has 0 bridgehead atoms. The number of hydrogen-bond donors (Lipinski definition) is 1. The molecule has 0 aromatic carbocycles. The fourth-order valence-electron chi connectivity index (χ4n) is 0.984. The Morgan fingerprint density at radius 2 is 2.60 bits per heavy atom. The molecule has 15 heavy (non-hydrogen) atoms. The standard InChI is InChI=1S/C6H7FN6O2/c7-1-4(2-10-12-8)5-3-9-6(11-5)13(14)15/h3-4H,1-2H2,(H,9,11). The molecule has 0 spiro atoms. The SMILES string of the molecule is [N-]=[N+]=NCC(CF)c1c[nH]c([N+](=O)[O-])n1. The van der Waals surface area contributed by atoms with Crippen LogP contribution in [-0.4, -0.2) is 28.1 Å². The molecule has 1 N–H and O–H groups in total. The number of nitrogens with zero attached hydrogens (tertiary/aromatic N) is 5. The molecule has 80 valence electrons. The molecule has 0 fully saturated rings. The van der Waals surface area contributed by atoms with E-state index in [1.165, 1.54) is 6.20 Å². The molecule has 0 saturated heterocycles. The van der Waals surface area contributed by atoms with Crippen LogP contribution in [0.5, 0.6) is 0 Å². The lowest BCUT2D eigenvalue weighted by atomic mass is 10.1. The number of rotatable bonds is 5. The second kappa shape index (κ2) is 4.91. The van der Waals surface area contributed by atoms with Crippen molar-refractivity contribution in [2.45, 2.75) is 5.92 Å². The summed E-state index contributed by atoms with van der Waals surface area (Å²) in [6.07, 6.45) is 1.23. The van der Waals surface area contributed by atoms with Gasteiger partial charge < -0.3 is 10.1 Å². The number of aromatic amines is 1. The van der Waals surface area contributed by atoms with Gasteiger partial charge in [-0.25, -0.2) is 4.98 Å². The Morgan fingerprint density at radius 1 is 1.87 bits per heavy atom. The first-order valence-corrected chi connectivity index (χ1v) is 3.95. The van der Waals surface area contributed by atoms with E-state index in [4.69, 9.17) is 5.53 Å². The minimum atomic E-state index is -0.791. The molecule has 0 aliphatic rings. The molecular formula is C6H7FN6O2. The number of aromatic nitrogens is 2. The fraction of sp³-hybridized carbons (Fsp3) is 0.500. The maximum Gasteiger partial charge on any atom is 0.432 e. The van der Waals surface area contributed by atoms with E-state index >= 15 is 0 Å². The Kier molecular flexibility index (Phi) is 3.58. The van der Waals surface area contributed by atoms with Gasteiger partial charge in [0, 0.05) is 11.5 Å². The van der Waals surface area contributed by atoms with Crippen molar-refractivity contribution < 1.29 is 9.31 Å². The van der Waals surface area contributed by atoms with Crippen LogP contribution in [0.4, 0.5) is 10.3 Å². The van der Waals surface area contributed by atoms with Crippen molar-refractivity contribution in [1.82, 2.24) is 9.97 Å². The largest absolute Gasteiger partial charge is 0.432 e. The lowest BCUT2D eigenvalue weighted by molar-refractivity contribution is -0.393. The van der Waals surface area contributed by atoms with Gasteiger partial charge in [0.15, 0.2) is 5.69 Å². The van der Waals surface area contributed by atoms with Gasteiger partial charge in [-0.1, -0.05) is 10.1 Å². The van der Waals surface area contributed by atoms with Crippen molar-refractivity contribution in [3.05, 3.63) is 32.4 Å². The second-order valence-corrected chi connectivity index (χ2v) is 2.67. The average Bonchev–Trinajstić information content (AvgIpc) is 2.68. The topological polar surface area (TPSA) is 121 Å². The van der Waals surface area contributed by atoms with E-state index in [1.54, 1.807) is 0 Å². The molecule has 0 saturated carbocycles. The van der Waals surface area contributed by atoms with Gasteiger partial charge in [-0.2, -0.15) is 0 Å². The number of imidazole rings is 1. The molecule has 0 radical (unpaired) electrons. The van der Waals surface area contributed by atoms with Crippen LogP contribution < -0.4 is 0 Å². The van der Waals surface area contributed by atoms with Crippen molar-refractivity contribution in [1.29, 1.82) is 0 Å². The van der Waals surface area contributed by atoms with Crippen molar-refractivity contribution >= 4 is 5.95 Å². The molecule has 1 aromatic rings. The zero-order chi connectivity index (χ0) is 11.3. The van der Waals surface area contributed by atoms with Crippen molar-refractivity contribution in [3.8, 4) is 0 Å². The lowest BCUT2D eigenvalue weighted by Gasteiger charge is -2.01. The summed E-state index contributed by atoms with van der Waals surface area (Å²) in [6, 6.07) is 0. The molecule has 1 atom stereocenters. The van der Waals surface area contributed by atoms with Crippen molar-refractivity contribution in [2.75, 3.05) is 13.2 Å². The van der Waals surface area contributed by atoms with Crippen LogP contribution in [0.3, 0.4) is 0 Å². The monoisotopic (exact) mass is 214 g/mol. The van der Waals surface area contributed by atoms with E-state index in [0.29, 0.717) is 0 Å². The van der Waals surface area contributed by atoms with Crippen LogP contribution in [0.25, 0.3) is 10.4 Å². The highest BCUT2D eigenvalue weighted by Crippen LogP contribution is 2.17. The molecule has 1 aromatic heterocycles. The maximum atomic E-state index is 12.5. The molecule has 1 heterocycles. The van der Waals surface area contributed by atoms with E-state index in [2.05, 4.69) is 20.0 Å². The molecule has 8 nitrogen and oxygen atoms in total. The second-order valence-electron chi connectivity index (χ2n) is 2.67. The predicted octanol–water partition coefficient (Wildman–Crippen LogP) is 1.68. The molecule has 1 unspecified atom stereocenters. The number of nitrogens with one attached hydrogen (secondary N) is 1. The van der Waals surface area contributed by atoms with Crippen LogP contribution in [0.15, 0.2) is 11.3 Å². The smallest absolute Gasteiger partial charge is 0.390 e. The van der Waals surface area contributed by atoms with Crippen molar-refractivity contribution in [2.24, 2.45) is 5.11 Å². The summed E-state index contributed by atoms with van der Waals surface area (Å²) in [4.78, 5) is 17.9. The molecule has 0 aliphatic carbocycles. The molecule has 9 heteroatoms. The van der Waals surface area contributed by atoms with Crippen LogP contribution in [-0.2, 0) is 0 Å². The summed E-state index contributed by atoms with van der Waals surface area (Å²) in [5.41, 5.74) is 8.23. The quantitative estimate of drug-likeness (QED) is 0.264. The third kappa shape index (κ3) is 2.64. The zero-order valence-corrected chi connectivity index (χ0v) is 7.50. The molecular weight excluding hydrogens is 207 g/mol. The van der Waals surface area contributed by atoms with E-state index in [9.17, 15) is 14.5 Å². The van der Waals surface area contributed by atoms with E-state index < -0.39 is 23.5 Å². The Morgan fingerprint density at radius 3 is 3.07 bits per heavy atom. The number of halogens is 1. The normalized spacial score (nSPS) is 11.8. The fourth-order valence-corrected chi connectivity index (χ4v) is 0.984. The predicted molar refractivity (Wildman–Crippen MR) is 48.0 cm³/mol. The maximum absolute atomic E-state index is 12.5. The third-order valence-electron chi connectivity index (χ3n) is 1.73. The minimum Gasteiger partial charge on any atom is -0.390 e. The van der Waals surface area contributed by atoms with Gasteiger partial charge in [0.1, 0.15) is 6.20 Å². The summed E-state index contributed by atoms with van der Waals surface area (Å²) in [5, 5.41) is 13.5. The van der Waals surface area contributed by atoms with Gasteiger partial charge in [-0.15, -0.1) is 0 Å². The van der Waals surface area contributed by atoms with Gasteiger partial charge in [-0.05, 0) is 10.5 Å². The number of nitro groups is 1. The van der Waals surface area contributed by atoms with Crippen molar-refractivity contribution in [3.63, 3.8) is 0 Å². The highest BCUT2D eigenvalue weighted by atomic mass is 19.1. The lowest BCUT2D eigenvalue weighted by Crippen LogP contribution is -2.05. The molecule has 1 rings (SSSR count). The number of azide groups is 1. The van der Waals surface area contributed by atoms with Gasteiger partial charge in [0.05, 0.1) is 12.6 Å². The van der Waals surface area contributed by atoms with Gasteiger partial charge in [-0.3, -0.25) is 4.39 Å². The van der Waals surface area contributed by atoms with E-state index in [0.717, 1.165) is 0 Å². The Hall–Kier alpha value is -2.15. The molecule has 0 aliphatic heterocycles. The first kappa shape index (κ1) is 10.9. The van der Waals surface area contributed by atoms with Crippen LogP contribution in [0, 0.1) is 10.1 Å². The van der Waals surface area contributed by atoms with E-state index in [1.807, 2.05) is 0 Å². The summed E-state index contributed by atoms with van der Waals surface area (Å²) in [6.45, 7) is -0.907. The van der Waals surface area contributed by atoms with Crippen LogP contribution >= 0.6 is 0 Å². The van der Waals surface area contributed by atoms with Gasteiger partial charge >= 0.3 is 5.95 Å². The molecule has 0 amide bonds. The van der Waals surface area contributed by atoms with Crippen LogP contribution in [0.1, 0.15) is 11.6 Å². The minimum absolute atomic E-state index is 0.116.